The molecule has 2 atom stereocenters. The molecule has 0 fully saturated rings. The molecule has 2 aromatic heterocycles. The molecule has 0 aliphatic heterocycles. The molecule has 2 unspecified atom stereocenters. The van der Waals surface area contributed by atoms with Crippen molar-refractivity contribution in [3.63, 3.8) is 0 Å². The number of hydrogen-bond donors (Lipinski definition) is 2. The van der Waals surface area contributed by atoms with Gasteiger partial charge in [-0.2, -0.15) is 5.10 Å². The molecule has 0 amide bonds. The molecule has 2 heterocycles. The van der Waals surface area contributed by atoms with Crippen LogP contribution < -0.4 is 5.32 Å². The van der Waals surface area contributed by atoms with Crippen LogP contribution in [0.4, 0.5) is 0 Å². The van der Waals surface area contributed by atoms with Crippen molar-refractivity contribution in [2.45, 2.75) is 39.8 Å². The summed E-state index contributed by atoms with van der Waals surface area (Å²) in [6.45, 7) is 8.11. The van der Waals surface area contributed by atoms with E-state index >= 15 is 0 Å². The summed E-state index contributed by atoms with van der Waals surface area (Å²) in [6, 6.07) is 2.37. The Kier molecular flexibility index (Phi) is 3.28. The summed E-state index contributed by atoms with van der Waals surface area (Å²) in [5.74, 6) is 0.874. The summed E-state index contributed by atoms with van der Waals surface area (Å²) in [4.78, 5) is 0. The molecule has 5 nitrogen and oxygen atoms in total. The van der Waals surface area contributed by atoms with E-state index in [2.05, 4.69) is 34.5 Å². The van der Waals surface area contributed by atoms with Gasteiger partial charge in [0.15, 0.2) is 0 Å². The highest BCUT2D eigenvalue weighted by atomic mass is 16.5. The zero-order valence-electron chi connectivity index (χ0n) is 10.6. The number of aryl methyl sites for hydroxylation is 2. The molecular formula is C12H18N4O. The second kappa shape index (κ2) is 4.71. The van der Waals surface area contributed by atoms with Crippen molar-refractivity contribution >= 4 is 0 Å². The smallest absolute Gasteiger partial charge is 0.138 e. The molecular weight excluding hydrogens is 216 g/mol. The number of H-pyrrole nitrogens is 1. The maximum absolute atomic E-state index is 5.18. The van der Waals surface area contributed by atoms with Crippen LogP contribution in [0.5, 0.6) is 0 Å². The number of nitrogens with zero attached hydrogens (tertiary/aromatic N) is 2. The summed E-state index contributed by atoms with van der Waals surface area (Å²) in [6.07, 6.45) is 1.76. The van der Waals surface area contributed by atoms with Crippen molar-refractivity contribution in [1.82, 2.24) is 20.7 Å². The predicted octanol–water partition coefficient (Wildman–Crippen LogP) is 2.43. The molecule has 0 aliphatic carbocycles. The lowest BCUT2D eigenvalue weighted by atomic mass is 10.1. The average Bonchev–Trinajstić information content (AvgIpc) is 2.88. The lowest BCUT2D eigenvalue weighted by Crippen LogP contribution is -2.23. The van der Waals surface area contributed by atoms with Gasteiger partial charge in [-0.3, -0.25) is 5.10 Å². The molecule has 0 spiro atoms. The molecule has 0 saturated carbocycles. The third-order valence-corrected chi connectivity index (χ3v) is 3.01. The molecule has 2 N–H and O–H groups in total. The number of hydrogen-bond acceptors (Lipinski definition) is 4. The van der Waals surface area contributed by atoms with E-state index in [1.807, 2.05) is 19.9 Å². The molecule has 92 valence electrons. The first kappa shape index (κ1) is 11.9. The Balaban J connectivity index is 2.09. The Hall–Kier alpha value is -1.62. The molecule has 0 aliphatic rings. The van der Waals surface area contributed by atoms with Crippen molar-refractivity contribution in [2.75, 3.05) is 0 Å². The van der Waals surface area contributed by atoms with Gasteiger partial charge >= 0.3 is 0 Å². The lowest BCUT2D eigenvalue weighted by Gasteiger charge is -2.18. The van der Waals surface area contributed by atoms with Gasteiger partial charge in [0.2, 0.25) is 0 Å². The molecule has 0 bridgehead atoms. The number of aromatic amines is 1. The SMILES string of the molecule is Cc1noc(C)c1C(C)NC(C)c1ccn[nH]1. The fraction of sp³-hybridized carbons (Fsp3) is 0.500. The highest BCUT2D eigenvalue weighted by Gasteiger charge is 2.18. The highest BCUT2D eigenvalue weighted by molar-refractivity contribution is 5.24. The van der Waals surface area contributed by atoms with Crippen LogP contribution in [0, 0.1) is 13.8 Å². The Morgan fingerprint density at radius 1 is 1.29 bits per heavy atom. The van der Waals surface area contributed by atoms with E-state index in [4.69, 9.17) is 4.52 Å². The zero-order chi connectivity index (χ0) is 12.4. The van der Waals surface area contributed by atoms with Crippen LogP contribution in [0.2, 0.25) is 0 Å². The summed E-state index contributed by atoms with van der Waals surface area (Å²) in [5.41, 5.74) is 3.15. The van der Waals surface area contributed by atoms with Crippen LogP contribution in [-0.4, -0.2) is 15.4 Å². The standard InChI is InChI=1S/C12H18N4O/c1-7(11-5-6-13-15-11)14-8(2)12-9(3)16-17-10(12)4/h5-8,14H,1-4H3,(H,13,15). The highest BCUT2D eigenvalue weighted by Crippen LogP contribution is 2.23. The Morgan fingerprint density at radius 2 is 2.06 bits per heavy atom. The number of rotatable bonds is 4. The molecule has 17 heavy (non-hydrogen) atoms. The molecule has 0 aromatic carbocycles. The van der Waals surface area contributed by atoms with Gasteiger partial charge in [-0.25, -0.2) is 0 Å². The van der Waals surface area contributed by atoms with E-state index < -0.39 is 0 Å². The van der Waals surface area contributed by atoms with Gasteiger partial charge in [0.25, 0.3) is 0 Å². The largest absolute Gasteiger partial charge is 0.361 e. The molecule has 0 saturated heterocycles. The Labute approximate surface area is 101 Å². The fourth-order valence-corrected chi connectivity index (χ4v) is 2.16. The minimum atomic E-state index is 0.194. The van der Waals surface area contributed by atoms with Crippen LogP contribution in [0.3, 0.4) is 0 Å². The minimum Gasteiger partial charge on any atom is -0.361 e. The van der Waals surface area contributed by atoms with Crippen molar-refractivity contribution in [3.8, 4) is 0 Å². The number of nitrogens with one attached hydrogen (secondary N) is 2. The lowest BCUT2D eigenvalue weighted by molar-refractivity contribution is 0.389. The topological polar surface area (TPSA) is 66.7 Å². The second-order valence-electron chi connectivity index (χ2n) is 4.36. The van der Waals surface area contributed by atoms with Crippen molar-refractivity contribution < 1.29 is 4.52 Å². The van der Waals surface area contributed by atoms with Crippen LogP contribution in [0.25, 0.3) is 0 Å². The van der Waals surface area contributed by atoms with Crippen LogP contribution >= 0.6 is 0 Å². The van der Waals surface area contributed by atoms with E-state index in [0.29, 0.717) is 0 Å². The first-order valence-electron chi connectivity index (χ1n) is 5.77. The zero-order valence-corrected chi connectivity index (χ0v) is 10.6. The van der Waals surface area contributed by atoms with Gasteiger partial charge in [0.05, 0.1) is 11.4 Å². The van der Waals surface area contributed by atoms with E-state index in [9.17, 15) is 0 Å². The second-order valence-corrected chi connectivity index (χ2v) is 4.36. The van der Waals surface area contributed by atoms with Gasteiger partial charge in [-0.05, 0) is 33.8 Å². The molecule has 5 heteroatoms. The predicted molar refractivity (Wildman–Crippen MR) is 64.5 cm³/mol. The van der Waals surface area contributed by atoms with E-state index in [-0.39, 0.29) is 12.1 Å². The first-order valence-corrected chi connectivity index (χ1v) is 5.77. The summed E-state index contributed by atoms with van der Waals surface area (Å²) in [5, 5.41) is 14.4. The quantitative estimate of drug-likeness (QED) is 0.852. The summed E-state index contributed by atoms with van der Waals surface area (Å²) < 4.78 is 5.18. The van der Waals surface area contributed by atoms with Crippen LogP contribution in [0.15, 0.2) is 16.8 Å². The van der Waals surface area contributed by atoms with Gasteiger partial charge in [0.1, 0.15) is 5.76 Å². The Morgan fingerprint density at radius 3 is 2.59 bits per heavy atom. The summed E-state index contributed by atoms with van der Waals surface area (Å²) >= 11 is 0. The molecule has 2 rings (SSSR count). The molecule has 2 aromatic rings. The first-order chi connectivity index (χ1) is 8.09. The monoisotopic (exact) mass is 234 g/mol. The van der Waals surface area contributed by atoms with Gasteiger partial charge in [-0.15, -0.1) is 0 Å². The maximum atomic E-state index is 5.18. The third-order valence-electron chi connectivity index (χ3n) is 3.01. The van der Waals surface area contributed by atoms with Crippen molar-refractivity contribution in [3.05, 3.63) is 35.0 Å². The van der Waals surface area contributed by atoms with E-state index in [1.165, 1.54) is 0 Å². The van der Waals surface area contributed by atoms with Crippen LogP contribution in [-0.2, 0) is 0 Å². The number of aromatic nitrogens is 3. The fourth-order valence-electron chi connectivity index (χ4n) is 2.16. The van der Waals surface area contributed by atoms with Gasteiger partial charge < -0.3 is 9.84 Å². The minimum absolute atomic E-state index is 0.194. The van der Waals surface area contributed by atoms with Gasteiger partial charge in [0, 0.05) is 23.8 Å². The van der Waals surface area contributed by atoms with Crippen molar-refractivity contribution in [2.24, 2.45) is 0 Å². The average molecular weight is 234 g/mol. The van der Waals surface area contributed by atoms with E-state index in [0.717, 1.165) is 22.7 Å². The summed E-state index contributed by atoms with van der Waals surface area (Å²) in [7, 11) is 0. The van der Waals surface area contributed by atoms with Crippen molar-refractivity contribution in [1.29, 1.82) is 0 Å². The van der Waals surface area contributed by atoms with E-state index in [1.54, 1.807) is 6.20 Å². The third kappa shape index (κ3) is 2.39. The molecule has 0 radical (unpaired) electrons. The Bertz CT molecular complexity index is 455. The van der Waals surface area contributed by atoms with Gasteiger partial charge in [-0.1, -0.05) is 5.16 Å². The maximum Gasteiger partial charge on any atom is 0.138 e. The normalized spacial score (nSPS) is 14.8. The van der Waals surface area contributed by atoms with Crippen LogP contribution in [0.1, 0.15) is 48.6 Å².